The van der Waals surface area contributed by atoms with Crippen LogP contribution in [0.5, 0.6) is 0 Å². The van der Waals surface area contributed by atoms with Crippen molar-refractivity contribution in [2.75, 3.05) is 19.0 Å². The van der Waals surface area contributed by atoms with Gasteiger partial charge in [-0.05, 0) is 18.8 Å². The van der Waals surface area contributed by atoms with Gasteiger partial charge in [-0.2, -0.15) is 0 Å². The first-order valence-corrected chi connectivity index (χ1v) is 5.99. The molecule has 1 rings (SSSR count). The van der Waals surface area contributed by atoms with Crippen molar-refractivity contribution in [2.45, 2.75) is 34.1 Å². The minimum Gasteiger partial charge on any atom is -0.465 e. The summed E-state index contributed by atoms with van der Waals surface area (Å²) in [4.78, 5) is 19.8. The van der Waals surface area contributed by atoms with E-state index in [4.69, 9.17) is 4.74 Å². The van der Waals surface area contributed by atoms with Gasteiger partial charge in [0.05, 0.1) is 7.11 Å². The van der Waals surface area contributed by atoms with E-state index in [1.165, 1.54) is 13.3 Å². The summed E-state index contributed by atoms with van der Waals surface area (Å²) in [6, 6.07) is 0. The molecule has 0 aliphatic rings. The summed E-state index contributed by atoms with van der Waals surface area (Å²) in [6.45, 7) is 9.04. The molecule has 5 heteroatoms. The Balaban J connectivity index is 2.80. The summed E-state index contributed by atoms with van der Waals surface area (Å²) < 4.78 is 4.71. The maximum Gasteiger partial charge on any atom is 0.343 e. The Kier molecular flexibility index (Phi) is 4.64. The highest BCUT2D eigenvalue weighted by molar-refractivity contribution is 5.94. The zero-order valence-electron chi connectivity index (χ0n) is 11.7. The van der Waals surface area contributed by atoms with Gasteiger partial charge in [-0.1, -0.05) is 20.8 Å². The van der Waals surface area contributed by atoms with Crippen LogP contribution in [0.3, 0.4) is 0 Å². The lowest BCUT2D eigenvalue weighted by Gasteiger charge is -2.18. The number of rotatable bonds is 4. The molecule has 0 saturated heterocycles. The fraction of sp³-hybridized carbons (Fsp3) is 0.615. The Morgan fingerprint density at radius 1 is 1.44 bits per heavy atom. The summed E-state index contributed by atoms with van der Waals surface area (Å²) in [7, 11) is 1.35. The first-order valence-electron chi connectivity index (χ1n) is 5.99. The van der Waals surface area contributed by atoms with Crippen molar-refractivity contribution in [1.29, 1.82) is 0 Å². The molecule has 0 bridgehead atoms. The van der Waals surface area contributed by atoms with Crippen LogP contribution in [-0.2, 0) is 4.74 Å². The predicted molar refractivity (Wildman–Crippen MR) is 70.7 cm³/mol. The zero-order valence-corrected chi connectivity index (χ0v) is 11.7. The standard InChI is InChI=1S/C13H21N3O2/c1-9-15-8-10(12(17)18-5)11(16-9)14-7-6-13(2,3)4/h8H,6-7H2,1-5H3,(H,14,15,16). The molecule has 1 aromatic rings. The van der Waals surface area contributed by atoms with E-state index in [2.05, 4.69) is 36.1 Å². The SMILES string of the molecule is COC(=O)c1cnc(C)nc1NCCC(C)(C)C. The van der Waals surface area contributed by atoms with Crippen LogP contribution in [0.25, 0.3) is 0 Å². The van der Waals surface area contributed by atoms with E-state index in [0.29, 0.717) is 17.2 Å². The molecule has 0 amide bonds. The molecule has 0 saturated carbocycles. The average molecular weight is 251 g/mol. The number of anilines is 1. The molecule has 0 radical (unpaired) electrons. The lowest BCUT2D eigenvalue weighted by molar-refractivity contribution is 0.0601. The molecule has 0 aromatic carbocycles. The maximum absolute atomic E-state index is 11.6. The number of hydrogen-bond donors (Lipinski definition) is 1. The highest BCUT2D eigenvalue weighted by Gasteiger charge is 2.15. The molecule has 18 heavy (non-hydrogen) atoms. The van der Waals surface area contributed by atoms with Crippen LogP contribution in [0.1, 0.15) is 43.4 Å². The van der Waals surface area contributed by atoms with E-state index in [9.17, 15) is 4.79 Å². The summed E-state index contributed by atoms with van der Waals surface area (Å²) >= 11 is 0. The number of carbonyl (C=O) groups is 1. The summed E-state index contributed by atoms with van der Waals surface area (Å²) in [6.07, 6.45) is 2.48. The Bertz CT molecular complexity index is 425. The summed E-state index contributed by atoms with van der Waals surface area (Å²) in [5, 5.41) is 3.17. The number of hydrogen-bond acceptors (Lipinski definition) is 5. The number of carbonyl (C=O) groups excluding carboxylic acids is 1. The second-order valence-corrected chi connectivity index (χ2v) is 5.41. The van der Waals surface area contributed by atoms with Gasteiger partial charge >= 0.3 is 5.97 Å². The van der Waals surface area contributed by atoms with E-state index >= 15 is 0 Å². The van der Waals surface area contributed by atoms with E-state index in [0.717, 1.165) is 13.0 Å². The van der Waals surface area contributed by atoms with Crippen molar-refractivity contribution in [1.82, 2.24) is 9.97 Å². The van der Waals surface area contributed by atoms with Crippen LogP contribution in [0, 0.1) is 12.3 Å². The number of nitrogens with one attached hydrogen (secondary N) is 1. The van der Waals surface area contributed by atoms with Gasteiger partial charge in [0, 0.05) is 12.7 Å². The Morgan fingerprint density at radius 3 is 2.67 bits per heavy atom. The molecule has 1 N–H and O–H groups in total. The van der Waals surface area contributed by atoms with Gasteiger partial charge in [0.15, 0.2) is 0 Å². The van der Waals surface area contributed by atoms with Crippen molar-refractivity contribution >= 4 is 11.8 Å². The van der Waals surface area contributed by atoms with Crippen molar-refractivity contribution < 1.29 is 9.53 Å². The Morgan fingerprint density at radius 2 is 2.11 bits per heavy atom. The van der Waals surface area contributed by atoms with E-state index in [1.807, 2.05) is 0 Å². The molecule has 0 aliphatic carbocycles. The van der Waals surface area contributed by atoms with Crippen LogP contribution in [0.2, 0.25) is 0 Å². The quantitative estimate of drug-likeness (QED) is 0.832. The third-order valence-corrected chi connectivity index (χ3v) is 2.48. The van der Waals surface area contributed by atoms with E-state index < -0.39 is 5.97 Å². The third kappa shape index (κ3) is 4.31. The molecule has 1 aromatic heterocycles. The van der Waals surface area contributed by atoms with Crippen molar-refractivity contribution in [3.63, 3.8) is 0 Å². The van der Waals surface area contributed by atoms with Gasteiger partial charge in [0.25, 0.3) is 0 Å². The maximum atomic E-state index is 11.6. The molecule has 0 aliphatic heterocycles. The summed E-state index contributed by atoms with van der Waals surface area (Å²) in [5.74, 6) is 0.743. The van der Waals surface area contributed by atoms with Gasteiger partial charge in [0.2, 0.25) is 0 Å². The van der Waals surface area contributed by atoms with Crippen molar-refractivity contribution in [3.8, 4) is 0 Å². The smallest absolute Gasteiger partial charge is 0.343 e. The first kappa shape index (κ1) is 14.4. The van der Waals surface area contributed by atoms with Gasteiger partial charge in [-0.25, -0.2) is 14.8 Å². The molecule has 0 atom stereocenters. The number of nitrogens with zero attached hydrogens (tertiary/aromatic N) is 2. The molecule has 0 spiro atoms. The highest BCUT2D eigenvalue weighted by Crippen LogP contribution is 2.19. The number of methoxy groups -OCH3 is 1. The Hall–Kier alpha value is -1.65. The molecule has 0 unspecified atom stereocenters. The number of aromatic nitrogens is 2. The first-order chi connectivity index (χ1) is 8.33. The minimum atomic E-state index is -0.423. The Labute approximate surface area is 108 Å². The van der Waals surface area contributed by atoms with Gasteiger partial charge in [0.1, 0.15) is 17.2 Å². The van der Waals surface area contributed by atoms with Crippen LogP contribution in [0.15, 0.2) is 6.20 Å². The molecule has 100 valence electrons. The fourth-order valence-corrected chi connectivity index (χ4v) is 1.42. The fourth-order valence-electron chi connectivity index (χ4n) is 1.42. The molecular formula is C13H21N3O2. The number of ether oxygens (including phenoxy) is 1. The average Bonchev–Trinajstić information content (AvgIpc) is 2.26. The van der Waals surface area contributed by atoms with Gasteiger partial charge in [-0.15, -0.1) is 0 Å². The minimum absolute atomic E-state index is 0.237. The predicted octanol–water partition coefficient (Wildman–Crippen LogP) is 2.42. The lowest BCUT2D eigenvalue weighted by atomic mass is 9.92. The number of aryl methyl sites for hydroxylation is 1. The van der Waals surface area contributed by atoms with Crippen LogP contribution >= 0.6 is 0 Å². The van der Waals surface area contributed by atoms with E-state index in [-0.39, 0.29) is 5.41 Å². The monoisotopic (exact) mass is 251 g/mol. The largest absolute Gasteiger partial charge is 0.465 e. The molecule has 0 fully saturated rings. The van der Waals surface area contributed by atoms with E-state index in [1.54, 1.807) is 6.92 Å². The van der Waals surface area contributed by atoms with Crippen LogP contribution in [0.4, 0.5) is 5.82 Å². The highest BCUT2D eigenvalue weighted by atomic mass is 16.5. The molecular weight excluding hydrogens is 230 g/mol. The van der Waals surface area contributed by atoms with Gasteiger partial charge in [-0.3, -0.25) is 0 Å². The number of esters is 1. The summed E-state index contributed by atoms with van der Waals surface area (Å²) in [5.41, 5.74) is 0.609. The second-order valence-electron chi connectivity index (χ2n) is 5.41. The lowest BCUT2D eigenvalue weighted by Crippen LogP contribution is -2.16. The van der Waals surface area contributed by atoms with Crippen molar-refractivity contribution in [2.24, 2.45) is 5.41 Å². The van der Waals surface area contributed by atoms with Gasteiger partial charge < -0.3 is 10.1 Å². The third-order valence-electron chi connectivity index (χ3n) is 2.48. The second kappa shape index (κ2) is 5.80. The molecule has 5 nitrogen and oxygen atoms in total. The topological polar surface area (TPSA) is 64.1 Å². The normalized spacial score (nSPS) is 11.2. The van der Waals surface area contributed by atoms with Crippen LogP contribution < -0.4 is 5.32 Å². The zero-order chi connectivity index (χ0) is 13.8. The molecule has 1 heterocycles. The van der Waals surface area contributed by atoms with Crippen LogP contribution in [-0.4, -0.2) is 29.6 Å². The van der Waals surface area contributed by atoms with Crippen molar-refractivity contribution in [3.05, 3.63) is 17.6 Å².